The monoisotopic (exact) mass is 429 g/mol. The molecule has 0 radical (unpaired) electrons. The Morgan fingerprint density at radius 2 is 2.06 bits per heavy atom. The molecule has 8 N–H and O–H groups in total. The molecule has 12 heteroatoms. The molecule has 5 unspecified atom stereocenters. The van der Waals surface area contributed by atoms with Gasteiger partial charge in [-0.15, -0.1) is 0 Å². The van der Waals surface area contributed by atoms with Gasteiger partial charge in [-0.1, -0.05) is 18.2 Å². The van der Waals surface area contributed by atoms with E-state index in [1.165, 1.54) is 18.0 Å². The van der Waals surface area contributed by atoms with Gasteiger partial charge >= 0.3 is 5.97 Å². The van der Waals surface area contributed by atoms with Crippen LogP contribution >= 0.6 is 0 Å². The summed E-state index contributed by atoms with van der Waals surface area (Å²) in [7, 11) is 0. The summed E-state index contributed by atoms with van der Waals surface area (Å²) < 4.78 is 5.72. The third kappa shape index (κ3) is 2.31. The number of nitrogens with two attached hydrogens (primary N) is 2. The molecular weight excluding hydrogens is 406 g/mol. The van der Waals surface area contributed by atoms with Gasteiger partial charge in [0.15, 0.2) is 12.1 Å². The standard InChI is InChI=1S/C19H23N7O5/c1-18(29)13(31-15(28)10-6-22-11-5-3-2-4-9(10)11)7-25-16(20)23-12(8-27)14-19(18,25)26(30)17(21)24-14/h2-6,12-14,22,27,29-30H,7-8H2,1H3,(H2,20,23)(H2,21,24). The number of carbonyl (C=O) groups excluding carboxylic acids is 1. The summed E-state index contributed by atoms with van der Waals surface area (Å²) in [6.45, 7) is 0.921. The summed E-state index contributed by atoms with van der Waals surface area (Å²) in [5.74, 6) is -0.950. The van der Waals surface area contributed by atoms with Gasteiger partial charge in [0.1, 0.15) is 17.7 Å². The van der Waals surface area contributed by atoms with Crippen LogP contribution in [-0.4, -0.2) is 90.9 Å². The van der Waals surface area contributed by atoms with Crippen molar-refractivity contribution >= 4 is 28.8 Å². The first-order valence-corrected chi connectivity index (χ1v) is 9.77. The number of esters is 1. The largest absolute Gasteiger partial charge is 0.454 e. The van der Waals surface area contributed by atoms with Crippen molar-refractivity contribution in [3.05, 3.63) is 36.0 Å². The predicted octanol–water partition coefficient (Wildman–Crippen LogP) is -1.47. The quantitative estimate of drug-likeness (QED) is 0.317. The smallest absolute Gasteiger partial charge is 0.340 e. The van der Waals surface area contributed by atoms with E-state index in [1.54, 1.807) is 12.1 Å². The average Bonchev–Trinajstić information content (AvgIpc) is 3.36. The zero-order valence-electron chi connectivity index (χ0n) is 16.6. The van der Waals surface area contributed by atoms with E-state index in [-0.39, 0.29) is 18.5 Å². The first kappa shape index (κ1) is 19.6. The minimum Gasteiger partial charge on any atom is -0.454 e. The molecule has 0 saturated carbocycles. The van der Waals surface area contributed by atoms with Gasteiger partial charge in [-0.05, 0) is 13.0 Å². The van der Waals surface area contributed by atoms with Crippen molar-refractivity contribution in [3.8, 4) is 0 Å². The number of carbonyl (C=O) groups is 1. The van der Waals surface area contributed by atoms with Crippen molar-refractivity contribution in [2.24, 2.45) is 21.5 Å². The molecule has 4 heterocycles. The van der Waals surface area contributed by atoms with Crippen LogP contribution in [0.3, 0.4) is 0 Å². The SMILES string of the molecule is CC1(O)C(OC(=O)c2c[nH]c3ccccc23)CN2C(N)=NC(CO)C3N=C(N)N(O)C321. The molecule has 12 nitrogen and oxygen atoms in total. The van der Waals surface area contributed by atoms with Crippen molar-refractivity contribution in [2.45, 2.75) is 36.4 Å². The number of hydrogen-bond acceptors (Lipinski definition) is 11. The first-order valence-electron chi connectivity index (χ1n) is 9.77. The topological polar surface area (TPSA) is 186 Å². The zero-order chi connectivity index (χ0) is 22.1. The van der Waals surface area contributed by atoms with Crippen molar-refractivity contribution in [1.29, 1.82) is 0 Å². The number of H-pyrrole nitrogens is 1. The molecule has 0 aliphatic carbocycles. The Bertz CT molecular complexity index is 1130. The second kappa shape index (κ2) is 6.33. The van der Waals surface area contributed by atoms with Crippen LogP contribution in [0.15, 0.2) is 40.4 Å². The molecule has 1 fully saturated rings. The van der Waals surface area contributed by atoms with E-state index in [4.69, 9.17) is 16.2 Å². The van der Waals surface area contributed by atoms with Crippen LogP contribution in [0, 0.1) is 0 Å². The minimum atomic E-state index is -1.88. The zero-order valence-corrected chi connectivity index (χ0v) is 16.6. The summed E-state index contributed by atoms with van der Waals surface area (Å²) in [4.78, 5) is 25.9. The maximum atomic E-state index is 13.0. The van der Waals surface area contributed by atoms with Crippen molar-refractivity contribution < 1.29 is 25.0 Å². The molecule has 1 saturated heterocycles. The summed E-state index contributed by atoms with van der Waals surface area (Å²) in [5, 5.41) is 33.6. The Morgan fingerprint density at radius 3 is 2.81 bits per heavy atom. The van der Waals surface area contributed by atoms with E-state index >= 15 is 0 Å². The fourth-order valence-corrected chi connectivity index (χ4v) is 5.03. The van der Waals surface area contributed by atoms with Crippen LogP contribution in [0.4, 0.5) is 0 Å². The van der Waals surface area contributed by atoms with Crippen LogP contribution in [0.25, 0.3) is 10.9 Å². The molecule has 0 bridgehead atoms. The van der Waals surface area contributed by atoms with Crippen molar-refractivity contribution in [3.63, 3.8) is 0 Å². The fourth-order valence-electron chi connectivity index (χ4n) is 5.03. The predicted molar refractivity (Wildman–Crippen MR) is 109 cm³/mol. The van der Waals surface area contributed by atoms with Crippen molar-refractivity contribution in [1.82, 2.24) is 14.9 Å². The number of aliphatic imine (C=N–C) groups is 2. The van der Waals surface area contributed by atoms with Gasteiger partial charge in [0, 0.05) is 17.1 Å². The number of rotatable bonds is 3. The van der Waals surface area contributed by atoms with Crippen LogP contribution in [0.2, 0.25) is 0 Å². The van der Waals surface area contributed by atoms with Gasteiger partial charge in [0.25, 0.3) is 0 Å². The lowest BCUT2D eigenvalue weighted by Crippen LogP contribution is -2.76. The van der Waals surface area contributed by atoms with E-state index in [2.05, 4.69) is 15.0 Å². The molecule has 2 aromatic rings. The lowest BCUT2D eigenvalue weighted by molar-refractivity contribution is -0.228. The van der Waals surface area contributed by atoms with E-state index < -0.39 is 42.0 Å². The highest BCUT2D eigenvalue weighted by Crippen LogP contribution is 2.50. The molecule has 0 amide bonds. The summed E-state index contributed by atoms with van der Waals surface area (Å²) in [5.41, 5.74) is 9.47. The maximum absolute atomic E-state index is 13.0. The third-order valence-electron chi connectivity index (χ3n) is 6.54. The van der Waals surface area contributed by atoms with E-state index in [1.807, 2.05) is 12.1 Å². The Morgan fingerprint density at radius 1 is 1.32 bits per heavy atom. The highest BCUT2D eigenvalue weighted by molar-refractivity contribution is 6.04. The van der Waals surface area contributed by atoms with E-state index in [0.29, 0.717) is 16.0 Å². The van der Waals surface area contributed by atoms with Gasteiger partial charge in [0.05, 0.1) is 18.7 Å². The number of nitrogens with zero attached hydrogens (tertiary/aromatic N) is 4. The maximum Gasteiger partial charge on any atom is 0.340 e. The van der Waals surface area contributed by atoms with Crippen LogP contribution in [0.1, 0.15) is 17.3 Å². The normalized spacial score (nSPS) is 34.4. The molecule has 3 aliphatic heterocycles. The number of aromatic nitrogens is 1. The lowest BCUT2D eigenvalue weighted by Gasteiger charge is -2.51. The van der Waals surface area contributed by atoms with E-state index in [0.717, 1.165) is 5.52 Å². The first-order chi connectivity index (χ1) is 14.7. The van der Waals surface area contributed by atoms with Gasteiger partial charge in [0.2, 0.25) is 11.6 Å². The number of aliphatic hydroxyl groups is 2. The molecular formula is C19H23N7O5. The summed E-state index contributed by atoms with van der Waals surface area (Å²) in [6, 6.07) is 5.47. The van der Waals surface area contributed by atoms with Gasteiger partial charge in [-0.25, -0.2) is 14.8 Å². The molecule has 31 heavy (non-hydrogen) atoms. The van der Waals surface area contributed by atoms with E-state index in [9.17, 15) is 20.2 Å². The number of nitrogens with one attached hydrogen (secondary N) is 1. The number of benzene rings is 1. The number of guanidine groups is 2. The number of aliphatic hydroxyl groups excluding tert-OH is 1. The van der Waals surface area contributed by atoms with Gasteiger partial charge in [-0.2, -0.15) is 5.06 Å². The summed E-state index contributed by atoms with van der Waals surface area (Å²) in [6.07, 6.45) is 0.427. The van der Waals surface area contributed by atoms with Crippen LogP contribution in [0.5, 0.6) is 0 Å². The molecule has 164 valence electrons. The number of aromatic amines is 1. The molecule has 5 rings (SSSR count). The Kier molecular flexibility index (Phi) is 4.00. The second-order valence-electron chi connectivity index (χ2n) is 8.11. The fraction of sp³-hybridized carbons (Fsp3) is 0.421. The molecule has 5 atom stereocenters. The number of hydroxylamine groups is 2. The highest BCUT2D eigenvalue weighted by Gasteiger charge is 2.75. The van der Waals surface area contributed by atoms with Crippen LogP contribution in [-0.2, 0) is 4.74 Å². The van der Waals surface area contributed by atoms with Gasteiger partial charge in [-0.3, -0.25) is 5.21 Å². The number of fused-ring (bicyclic) bond motifs is 1. The summed E-state index contributed by atoms with van der Waals surface area (Å²) >= 11 is 0. The average molecular weight is 429 g/mol. The second-order valence-corrected chi connectivity index (χ2v) is 8.11. The Labute approximate surface area is 176 Å². The number of hydrogen-bond donors (Lipinski definition) is 6. The Hall–Kier alpha value is -3.35. The minimum absolute atomic E-state index is 0.0369. The molecule has 1 aromatic carbocycles. The Balaban J connectivity index is 1.53. The lowest BCUT2D eigenvalue weighted by atomic mass is 9.79. The molecule has 1 aromatic heterocycles. The van der Waals surface area contributed by atoms with Crippen molar-refractivity contribution in [2.75, 3.05) is 13.2 Å². The molecule has 3 aliphatic rings. The van der Waals surface area contributed by atoms with Gasteiger partial charge < -0.3 is 36.3 Å². The number of ether oxygens (including phenoxy) is 1. The number of para-hydroxylation sites is 1. The highest BCUT2D eigenvalue weighted by atomic mass is 16.6. The molecule has 1 spiro atoms. The third-order valence-corrected chi connectivity index (χ3v) is 6.54. The van der Waals surface area contributed by atoms with Crippen LogP contribution < -0.4 is 11.5 Å².